The highest BCUT2D eigenvalue weighted by molar-refractivity contribution is 5.91. The Morgan fingerprint density at radius 1 is 1.25 bits per heavy atom. The largest absolute Gasteiger partial charge is 0.368 e. The van der Waals surface area contributed by atoms with E-state index >= 15 is 0 Å². The van der Waals surface area contributed by atoms with Gasteiger partial charge in [-0.15, -0.1) is 12.4 Å². The first-order chi connectivity index (χ1) is 10.8. The van der Waals surface area contributed by atoms with Gasteiger partial charge in [0, 0.05) is 31.2 Å². The molecule has 0 bridgehead atoms. The number of rotatable bonds is 5. The van der Waals surface area contributed by atoms with Crippen molar-refractivity contribution in [3.05, 3.63) is 35.1 Å². The molecule has 24 heavy (non-hydrogen) atoms. The van der Waals surface area contributed by atoms with Gasteiger partial charge in [0.15, 0.2) is 11.6 Å². The van der Waals surface area contributed by atoms with Crippen LogP contribution in [-0.4, -0.2) is 35.1 Å². The van der Waals surface area contributed by atoms with Gasteiger partial charge >= 0.3 is 0 Å². The number of hydrazone groups is 1. The molecule has 0 fully saturated rings. The second-order valence-corrected chi connectivity index (χ2v) is 5.22. The van der Waals surface area contributed by atoms with E-state index in [0.29, 0.717) is 12.1 Å². The molecule has 0 aliphatic carbocycles. The summed E-state index contributed by atoms with van der Waals surface area (Å²) < 4.78 is 39.5. The molecule has 1 aliphatic rings. The highest BCUT2D eigenvalue weighted by Crippen LogP contribution is 2.17. The number of carbonyl (C=O) groups is 2. The Kier molecular flexibility index (Phi) is 6.73. The Bertz CT molecular complexity index is 672. The molecule has 1 heterocycles. The maximum absolute atomic E-state index is 13.6. The number of halogens is 4. The lowest BCUT2D eigenvalue weighted by Crippen LogP contribution is -2.44. The summed E-state index contributed by atoms with van der Waals surface area (Å²) in [4.78, 5) is 23.3. The summed E-state index contributed by atoms with van der Waals surface area (Å²) in [6.45, 7) is 0. The molecule has 1 aromatic carbocycles. The van der Waals surface area contributed by atoms with E-state index in [9.17, 15) is 22.8 Å². The summed E-state index contributed by atoms with van der Waals surface area (Å²) in [6.07, 6.45) is 1.18. The molecular formula is C14H16ClF3N4O2. The van der Waals surface area contributed by atoms with E-state index in [2.05, 4.69) is 5.10 Å². The van der Waals surface area contributed by atoms with Crippen LogP contribution < -0.4 is 11.5 Å². The van der Waals surface area contributed by atoms with E-state index in [0.717, 1.165) is 5.01 Å². The summed E-state index contributed by atoms with van der Waals surface area (Å²) in [5.74, 6) is -4.69. The van der Waals surface area contributed by atoms with Crippen LogP contribution in [0.4, 0.5) is 13.2 Å². The molecule has 132 valence electrons. The van der Waals surface area contributed by atoms with Gasteiger partial charge in [-0.3, -0.25) is 9.59 Å². The molecule has 2 rings (SSSR count). The van der Waals surface area contributed by atoms with Crippen molar-refractivity contribution in [2.24, 2.45) is 16.6 Å². The van der Waals surface area contributed by atoms with Crippen LogP contribution in [0.3, 0.4) is 0 Å². The standard InChI is InChI=1S/C14H15F3N4O2.ClH/c15-9-6-11(17)10(16)4-7(9)3-8(18)5-13(22)21-12(14(19)23)1-2-20-21;/h2,4,6,8,12H,1,3,5,18H2,(H2,19,23);1H/t8-,12?;/m1./s1. The van der Waals surface area contributed by atoms with Gasteiger partial charge in [-0.2, -0.15) is 5.10 Å². The molecule has 1 aromatic rings. The van der Waals surface area contributed by atoms with Crippen molar-refractivity contribution in [3.63, 3.8) is 0 Å². The highest BCUT2D eigenvalue weighted by atomic mass is 35.5. The zero-order chi connectivity index (χ0) is 17.1. The molecule has 0 spiro atoms. The molecule has 1 unspecified atom stereocenters. The van der Waals surface area contributed by atoms with Crippen molar-refractivity contribution >= 4 is 30.4 Å². The minimum absolute atomic E-state index is 0. The molecular weight excluding hydrogens is 349 g/mol. The van der Waals surface area contributed by atoms with Crippen LogP contribution in [-0.2, 0) is 16.0 Å². The van der Waals surface area contributed by atoms with Crippen LogP contribution >= 0.6 is 12.4 Å². The predicted octanol–water partition coefficient (Wildman–Crippen LogP) is 0.858. The fraction of sp³-hybridized carbons (Fsp3) is 0.357. The number of nitrogens with zero attached hydrogens (tertiary/aromatic N) is 2. The van der Waals surface area contributed by atoms with Gasteiger partial charge in [-0.1, -0.05) is 0 Å². The molecule has 0 aromatic heterocycles. The third-order valence-electron chi connectivity index (χ3n) is 3.42. The summed E-state index contributed by atoms with van der Waals surface area (Å²) in [5.41, 5.74) is 10.8. The van der Waals surface area contributed by atoms with Crippen molar-refractivity contribution in [2.45, 2.75) is 31.3 Å². The number of nitrogens with two attached hydrogens (primary N) is 2. The Morgan fingerprint density at radius 2 is 1.88 bits per heavy atom. The first-order valence-electron chi connectivity index (χ1n) is 6.82. The van der Waals surface area contributed by atoms with Gasteiger partial charge in [0.05, 0.1) is 0 Å². The van der Waals surface area contributed by atoms with Crippen molar-refractivity contribution < 1.29 is 22.8 Å². The van der Waals surface area contributed by atoms with Crippen LogP contribution in [0, 0.1) is 17.5 Å². The summed E-state index contributed by atoms with van der Waals surface area (Å²) >= 11 is 0. The van der Waals surface area contributed by atoms with Gasteiger partial charge in [0.1, 0.15) is 11.9 Å². The molecule has 2 atom stereocenters. The van der Waals surface area contributed by atoms with E-state index in [1.54, 1.807) is 0 Å². The maximum atomic E-state index is 13.6. The van der Waals surface area contributed by atoms with E-state index < -0.39 is 41.3 Å². The zero-order valence-electron chi connectivity index (χ0n) is 12.4. The third kappa shape index (κ3) is 4.45. The van der Waals surface area contributed by atoms with Gasteiger partial charge in [-0.05, 0) is 18.1 Å². The van der Waals surface area contributed by atoms with Gasteiger partial charge in [0.25, 0.3) is 0 Å². The number of carbonyl (C=O) groups excluding carboxylic acids is 2. The van der Waals surface area contributed by atoms with E-state index in [1.807, 2.05) is 0 Å². The van der Waals surface area contributed by atoms with Crippen LogP contribution in [0.5, 0.6) is 0 Å². The summed E-state index contributed by atoms with van der Waals surface area (Å²) in [7, 11) is 0. The van der Waals surface area contributed by atoms with E-state index in [1.165, 1.54) is 6.21 Å². The lowest BCUT2D eigenvalue weighted by atomic mass is 10.0. The maximum Gasteiger partial charge on any atom is 0.244 e. The highest BCUT2D eigenvalue weighted by Gasteiger charge is 2.31. The van der Waals surface area contributed by atoms with Crippen LogP contribution in [0.15, 0.2) is 17.2 Å². The minimum Gasteiger partial charge on any atom is -0.368 e. The Morgan fingerprint density at radius 3 is 2.50 bits per heavy atom. The number of hydrogen-bond acceptors (Lipinski definition) is 4. The second kappa shape index (κ2) is 8.11. The topological polar surface area (TPSA) is 102 Å². The first kappa shape index (κ1) is 19.9. The number of primary amides is 1. The van der Waals surface area contributed by atoms with Crippen LogP contribution in [0.1, 0.15) is 18.4 Å². The van der Waals surface area contributed by atoms with Gasteiger partial charge < -0.3 is 11.5 Å². The minimum atomic E-state index is -1.30. The van der Waals surface area contributed by atoms with Crippen molar-refractivity contribution in [3.8, 4) is 0 Å². The smallest absolute Gasteiger partial charge is 0.244 e. The normalized spacial score (nSPS) is 17.5. The van der Waals surface area contributed by atoms with E-state index in [4.69, 9.17) is 11.5 Å². The quantitative estimate of drug-likeness (QED) is 0.757. The lowest BCUT2D eigenvalue weighted by Gasteiger charge is -2.21. The molecule has 6 nitrogen and oxygen atoms in total. The monoisotopic (exact) mass is 364 g/mol. The lowest BCUT2D eigenvalue weighted by molar-refractivity contribution is -0.138. The Balaban J connectivity index is 0.00000288. The molecule has 0 radical (unpaired) electrons. The van der Waals surface area contributed by atoms with Crippen LogP contribution in [0.2, 0.25) is 0 Å². The predicted molar refractivity (Wildman–Crippen MR) is 82.8 cm³/mol. The fourth-order valence-electron chi connectivity index (χ4n) is 2.28. The van der Waals surface area contributed by atoms with Crippen molar-refractivity contribution in [2.75, 3.05) is 0 Å². The number of hydrogen-bond donors (Lipinski definition) is 2. The average molecular weight is 365 g/mol. The molecule has 10 heteroatoms. The third-order valence-corrected chi connectivity index (χ3v) is 3.42. The fourth-order valence-corrected chi connectivity index (χ4v) is 2.28. The van der Waals surface area contributed by atoms with Crippen molar-refractivity contribution in [1.82, 2.24) is 5.01 Å². The van der Waals surface area contributed by atoms with Crippen LogP contribution in [0.25, 0.3) is 0 Å². The molecule has 1 aliphatic heterocycles. The van der Waals surface area contributed by atoms with E-state index in [-0.39, 0.29) is 37.2 Å². The number of amides is 2. The average Bonchev–Trinajstić information content (AvgIpc) is 2.94. The summed E-state index contributed by atoms with van der Waals surface area (Å²) in [5, 5.41) is 4.69. The molecule has 4 N–H and O–H groups in total. The SMILES string of the molecule is Cl.NC(=O)C1CC=NN1C(=O)C[C@H](N)Cc1cc(F)c(F)cc1F. The summed E-state index contributed by atoms with van der Waals surface area (Å²) in [6, 6.07) is -0.594. The van der Waals surface area contributed by atoms with Gasteiger partial charge in [-0.25, -0.2) is 18.2 Å². The molecule has 0 saturated heterocycles. The zero-order valence-corrected chi connectivity index (χ0v) is 13.2. The van der Waals surface area contributed by atoms with Crippen molar-refractivity contribution in [1.29, 1.82) is 0 Å². The molecule has 2 amide bonds. The second-order valence-electron chi connectivity index (χ2n) is 5.22. The molecule has 0 saturated carbocycles. The number of benzene rings is 1. The Hall–Kier alpha value is -2.13. The van der Waals surface area contributed by atoms with Gasteiger partial charge in [0.2, 0.25) is 11.8 Å². The first-order valence-corrected chi connectivity index (χ1v) is 6.82. The Labute approximate surface area is 142 Å².